The van der Waals surface area contributed by atoms with Crippen LogP contribution < -0.4 is 10.9 Å². The molecule has 8 nitrogen and oxygen atoms in total. The van der Waals surface area contributed by atoms with Crippen molar-refractivity contribution in [2.24, 2.45) is 0 Å². The fourth-order valence-corrected chi connectivity index (χ4v) is 4.70. The van der Waals surface area contributed by atoms with Gasteiger partial charge in [-0.25, -0.2) is 4.98 Å². The number of nitrogens with zero attached hydrogens (tertiary/aromatic N) is 1. The summed E-state index contributed by atoms with van der Waals surface area (Å²) < 4.78 is 10.1. The van der Waals surface area contributed by atoms with E-state index in [9.17, 15) is 14.4 Å². The summed E-state index contributed by atoms with van der Waals surface area (Å²) in [5.41, 5.74) is 0.992. The summed E-state index contributed by atoms with van der Waals surface area (Å²) in [6.07, 6.45) is 5.97. The second kappa shape index (κ2) is 8.60. The molecular weight excluding hydrogens is 394 g/mol. The zero-order valence-corrected chi connectivity index (χ0v) is 16.6. The molecule has 29 heavy (non-hydrogen) atoms. The van der Waals surface area contributed by atoms with E-state index >= 15 is 0 Å². The number of thiophene rings is 1. The largest absolute Gasteiger partial charge is 0.467 e. The number of carbonyl (C=O) groups excluding carboxylic acids is 2. The van der Waals surface area contributed by atoms with Gasteiger partial charge in [-0.05, 0) is 43.4 Å². The molecule has 0 aromatic carbocycles. The lowest BCUT2D eigenvalue weighted by Gasteiger charge is -2.09. The zero-order valence-electron chi connectivity index (χ0n) is 15.8. The number of aryl methyl sites for hydroxylation is 3. The van der Waals surface area contributed by atoms with E-state index in [2.05, 4.69) is 15.3 Å². The van der Waals surface area contributed by atoms with Crippen molar-refractivity contribution < 1.29 is 18.7 Å². The number of rotatable bonds is 7. The van der Waals surface area contributed by atoms with Crippen LogP contribution in [0.4, 0.5) is 0 Å². The molecule has 2 N–H and O–H groups in total. The molecule has 1 amide bonds. The maximum Gasteiger partial charge on any atom is 0.306 e. The summed E-state index contributed by atoms with van der Waals surface area (Å²) in [7, 11) is 0. The van der Waals surface area contributed by atoms with E-state index in [4.69, 9.17) is 9.15 Å². The van der Waals surface area contributed by atoms with Crippen LogP contribution in [-0.4, -0.2) is 28.5 Å². The molecule has 3 heterocycles. The lowest BCUT2D eigenvalue weighted by molar-refractivity contribution is -0.148. The van der Waals surface area contributed by atoms with Gasteiger partial charge in [-0.3, -0.25) is 14.4 Å². The van der Waals surface area contributed by atoms with E-state index in [1.807, 2.05) is 0 Å². The Hall–Kier alpha value is -2.94. The van der Waals surface area contributed by atoms with Gasteiger partial charge in [-0.2, -0.15) is 0 Å². The topological polar surface area (TPSA) is 114 Å². The van der Waals surface area contributed by atoms with Crippen LogP contribution in [0.1, 0.15) is 41.3 Å². The monoisotopic (exact) mass is 415 g/mol. The van der Waals surface area contributed by atoms with Crippen molar-refractivity contribution in [2.45, 2.75) is 45.1 Å². The van der Waals surface area contributed by atoms with Gasteiger partial charge in [-0.1, -0.05) is 0 Å². The van der Waals surface area contributed by atoms with Gasteiger partial charge in [0.1, 0.15) is 16.4 Å². The Morgan fingerprint density at radius 1 is 1.31 bits per heavy atom. The first-order valence-corrected chi connectivity index (χ1v) is 10.4. The fraction of sp³-hybridized carbons (Fsp3) is 0.400. The van der Waals surface area contributed by atoms with Crippen molar-refractivity contribution in [2.75, 3.05) is 6.61 Å². The third-order valence-corrected chi connectivity index (χ3v) is 6.03. The number of carbonyl (C=O) groups is 2. The number of amides is 1. The van der Waals surface area contributed by atoms with Gasteiger partial charge in [-0.15, -0.1) is 11.3 Å². The molecule has 0 saturated heterocycles. The van der Waals surface area contributed by atoms with Crippen LogP contribution in [-0.2, 0) is 40.1 Å². The predicted molar refractivity (Wildman–Crippen MR) is 107 cm³/mol. The fourth-order valence-electron chi connectivity index (χ4n) is 3.42. The molecule has 3 aromatic rings. The van der Waals surface area contributed by atoms with Gasteiger partial charge in [0.2, 0.25) is 0 Å². The highest BCUT2D eigenvalue weighted by atomic mass is 32.1. The second-order valence-corrected chi connectivity index (χ2v) is 8.00. The van der Waals surface area contributed by atoms with Crippen LogP contribution >= 0.6 is 11.3 Å². The minimum atomic E-state index is -0.522. The molecule has 3 aromatic heterocycles. The van der Waals surface area contributed by atoms with Crippen molar-refractivity contribution in [3.63, 3.8) is 0 Å². The van der Waals surface area contributed by atoms with Crippen LogP contribution in [0.2, 0.25) is 0 Å². The van der Waals surface area contributed by atoms with Gasteiger partial charge in [0, 0.05) is 11.3 Å². The summed E-state index contributed by atoms with van der Waals surface area (Å²) in [6.45, 7) is -0.125. The molecule has 0 unspecified atom stereocenters. The van der Waals surface area contributed by atoms with Crippen LogP contribution in [0.25, 0.3) is 10.2 Å². The van der Waals surface area contributed by atoms with E-state index in [1.54, 1.807) is 23.5 Å². The maximum atomic E-state index is 12.5. The van der Waals surface area contributed by atoms with Gasteiger partial charge < -0.3 is 19.5 Å². The molecule has 0 fully saturated rings. The number of furan rings is 1. The van der Waals surface area contributed by atoms with Crippen molar-refractivity contribution in [1.82, 2.24) is 15.3 Å². The molecule has 0 bridgehead atoms. The molecule has 152 valence electrons. The second-order valence-electron chi connectivity index (χ2n) is 6.92. The standard InChI is InChI=1S/C20H21N3O5S/c24-16(21-10-12-4-3-9-27-12)11-28-17(25)8-7-15-22-19(26)18-13-5-1-2-6-14(13)29-20(18)23-15/h3-4,9H,1-2,5-8,10-11H2,(H,21,24)(H,22,23,26). The zero-order chi connectivity index (χ0) is 20.2. The molecule has 4 rings (SSSR count). The SMILES string of the molecule is O=C(COC(=O)CCc1nc2sc3c(c2c(=O)[nH]1)CCCC3)NCc1ccco1. The molecule has 0 spiro atoms. The lowest BCUT2D eigenvalue weighted by atomic mass is 9.97. The molecule has 0 saturated carbocycles. The first kappa shape index (κ1) is 19.4. The molecule has 0 atom stereocenters. The highest BCUT2D eigenvalue weighted by Crippen LogP contribution is 2.33. The Morgan fingerprint density at radius 2 is 2.17 bits per heavy atom. The third-order valence-electron chi connectivity index (χ3n) is 4.84. The summed E-state index contributed by atoms with van der Waals surface area (Å²) in [6, 6.07) is 3.46. The van der Waals surface area contributed by atoms with E-state index in [0.29, 0.717) is 17.0 Å². The Morgan fingerprint density at radius 3 is 3.00 bits per heavy atom. The van der Waals surface area contributed by atoms with E-state index < -0.39 is 11.9 Å². The minimum absolute atomic E-state index is 0.0327. The summed E-state index contributed by atoms with van der Waals surface area (Å²) in [5.74, 6) is 0.143. The number of fused-ring (bicyclic) bond motifs is 3. The number of aromatic amines is 1. The predicted octanol–water partition coefficient (Wildman–Crippen LogP) is 2.25. The molecular formula is C20H21N3O5S. The van der Waals surface area contributed by atoms with Crippen molar-refractivity contribution in [3.8, 4) is 0 Å². The molecule has 0 aliphatic heterocycles. The third kappa shape index (κ3) is 4.56. The lowest BCUT2D eigenvalue weighted by Crippen LogP contribution is -2.28. The van der Waals surface area contributed by atoms with Crippen molar-refractivity contribution in [3.05, 3.63) is 50.8 Å². The van der Waals surface area contributed by atoms with Crippen LogP contribution in [0.15, 0.2) is 27.6 Å². The molecule has 9 heteroatoms. The Balaban J connectivity index is 1.29. The van der Waals surface area contributed by atoms with Crippen LogP contribution in [0.5, 0.6) is 0 Å². The first-order chi connectivity index (χ1) is 14.1. The summed E-state index contributed by atoms with van der Waals surface area (Å²) in [4.78, 5) is 45.4. The van der Waals surface area contributed by atoms with Crippen molar-refractivity contribution in [1.29, 1.82) is 0 Å². The highest BCUT2D eigenvalue weighted by Gasteiger charge is 2.20. The van der Waals surface area contributed by atoms with Gasteiger partial charge in [0.05, 0.1) is 24.6 Å². The van der Waals surface area contributed by atoms with Gasteiger partial charge in [0.15, 0.2) is 6.61 Å². The average molecular weight is 415 g/mol. The van der Waals surface area contributed by atoms with Crippen LogP contribution in [0, 0.1) is 0 Å². The minimum Gasteiger partial charge on any atom is -0.467 e. The molecule has 1 aliphatic carbocycles. The molecule has 0 radical (unpaired) electrons. The van der Waals surface area contributed by atoms with Gasteiger partial charge >= 0.3 is 5.97 Å². The van der Waals surface area contributed by atoms with E-state index in [-0.39, 0.29) is 31.6 Å². The number of hydrogen-bond donors (Lipinski definition) is 2. The first-order valence-electron chi connectivity index (χ1n) is 9.58. The quantitative estimate of drug-likeness (QED) is 0.572. The number of ether oxygens (including phenoxy) is 1. The van der Waals surface area contributed by atoms with E-state index in [0.717, 1.165) is 36.1 Å². The maximum absolute atomic E-state index is 12.5. The number of H-pyrrole nitrogens is 1. The van der Waals surface area contributed by atoms with Crippen molar-refractivity contribution >= 4 is 33.4 Å². The van der Waals surface area contributed by atoms with E-state index in [1.165, 1.54) is 11.1 Å². The number of aromatic nitrogens is 2. The Kier molecular flexibility index (Phi) is 5.75. The number of nitrogens with one attached hydrogen (secondary N) is 2. The van der Waals surface area contributed by atoms with Gasteiger partial charge in [0.25, 0.3) is 11.5 Å². The smallest absolute Gasteiger partial charge is 0.306 e. The molecule has 1 aliphatic rings. The number of esters is 1. The normalized spacial score (nSPS) is 13.2. The number of hydrogen-bond acceptors (Lipinski definition) is 7. The van der Waals surface area contributed by atoms with Crippen LogP contribution in [0.3, 0.4) is 0 Å². The summed E-state index contributed by atoms with van der Waals surface area (Å²) in [5, 5.41) is 3.30. The highest BCUT2D eigenvalue weighted by molar-refractivity contribution is 7.18. The summed E-state index contributed by atoms with van der Waals surface area (Å²) >= 11 is 1.57. The average Bonchev–Trinajstić information content (AvgIpc) is 3.36. The Bertz CT molecular complexity index is 1080. The Labute approximate surface area is 170 Å².